The Kier molecular flexibility index (Phi) is 6.09. The van der Waals surface area contributed by atoms with Crippen LogP contribution in [0, 0.1) is 0 Å². The lowest BCUT2D eigenvalue weighted by molar-refractivity contribution is -0.135. The Morgan fingerprint density at radius 2 is 2.05 bits per heavy atom. The smallest absolute Gasteiger partial charge is 0.356 e. The number of guanidine groups is 1. The van der Waals surface area contributed by atoms with Crippen molar-refractivity contribution in [3.8, 4) is 0 Å². The molecule has 2 N–H and O–H groups in total. The second kappa shape index (κ2) is 7.14. The minimum atomic E-state index is -4.11. The van der Waals surface area contributed by atoms with E-state index in [9.17, 15) is 21.6 Å². The molecule has 20 heavy (non-hydrogen) atoms. The van der Waals surface area contributed by atoms with E-state index >= 15 is 0 Å². The number of unbranched alkanes of at least 4 members (excludes halogenated alkanes) is 1. The molecule has 1 rings (SSSR count). The van der Waals surface area contributed by atoms with Crippen molar-refractivity contribution in [3.63, 3.8) is 0 Å². The van der Waals surface area contributed by atoms with E-state index in [1.807, 2.05) is 0 Å². The van der Waals surface area contributed by atoms with Gasteiger partial charge in [-0.2, -0.15) is 13.2 Å². The fourth-order valence-corrected chi connectivity index (χ4v) is 3.63. The zero-order chi connectivity index (χ0) is 15.2. The highest BCUT2D eigenvalue weighted by Crippen LogP contribution is 2.21. The second-order valence-electron chi connectivity index (χ2n) is 4.82. The highest BCUT2D eigenvalue weighted by atomic mass is 32.2. The van der Waals surface area contributed by atoms with Crippen LogP contribution in [0.2, 0.25) is 0 Å². The molecule has 0 spiro atoms. The van der Waals surface area contributed by atoms with Crippen LogP contribution < -0.4 is 10.6 Å². The molecular formula is C11H20F3N3O2S. The summed E-state index contributed by atoms with van der Waals surface area (Å²) < 4.78 is 58.4. The lowest BCUT2D eigenvalue weighted by Crippen LogP contribution is -2.44. The van der Waals surface area contributed by atoms with Crippen LogP contribution in [0.4, 0.5) is 13.2 Å². The van der Waals surface area contributed by atoms with Crippen LogP contribution in [-0.2, 0) is 9.84 Å². The highest BCUT2D eigenvalue weighted by Gasteiger charge is 2.28. The summed E-state index contributed by atoms with van der Waals surface area (Å²) in [4.78, 5) is 3.92. The monoisotopic (exact) mass is 315 g/mol. The van der Waals surface area contributed by atoms with Crippen molar-refractivity contribution in [2.24, 2.45) is 4.99 Å². The van der Waals surface area contributed by atoms with E-state index in [1.54, 1.807) is 0 Å². The predicted octanol–water partition coefficient (Wildman–Crippen LogP) is 1.07. The predicted molar refractivity (Wildman–Crippen MR) is 71.5 cm³/mol. The topological polar surface area (TPSA) is 70.6 Å². The van der Waals surface area contributed by atoms with Gasteiger partial charge in [-0.05, 0) is 19.3 Å². The van der Waals surface area contributed by atoms with Gasteiger partial charge in [-0.1, -0.05) is 0 Å². The van der Waals surface area contributed by atoms with Gasteiger partial charge in [0.15, 0.2) is 15.8 Å². The molecule has 1 unspecified atom stereocenters. The first kappa shape index (κ1) is 17.1. The van der Waals surface area contributed by atoms with Crippen molar-refractivity contribution in [1.29, 1.82) is 0 Å². The molecule has 1 saturated heterocycles. The third-order valence-electron chi connectivity index (χ3n) is 2.98. The molecular weight excluding hydrogens is 295 g/mol. The van der Waals surface area contributed by atoms with Gasteiger partial charge in [0.05, 0.1) is 11.5 Å². The van der Waals surface area contributed by atoms with Crippen molar-refractivity contribution in [1.82, 2.24) is 10.6 Å². The van der Waals surface area contributed by atoms with Gasteiger partial charge in [0.2, 0.25) is 0 Å². The van der Waals surface area contributed by atoms with Gasteiger partial charge >= 0.3 is 6.18 Å². The second-order valence-corrected chi connectivity index (χ2v) is 7.04. The number of halogens is 3. The molecule has 0 aliphatic carbocycles. The minimum Gasteiger partial charge on any atom is -0.356 e. The van der Waals surface area contributed by atoms with Crippen molar-refractivity contribution in [2.75, 3.05) is 25.1 Å². The fourth-order valence-electron chi connectivity index (χ4n) is 1.95. The van der Waals surface area contributed by atoms with Gasteiger partial charge in [-0.15, -0.1) is 0 Å². The Morgan fingerprint density at radius 3 is 2.55 bits per heavy atom. The SMILES string of the molecule is CN=C(NCCCCC(F)(F)F)NC1CCS(=O)(=O)C1. The number of nitrogens with zero attached hydrogens (tertiary/aromatic N) is 1. The summed E-state index contributed by atoms with van der Waals surface area (Å²) in [5.74, 6) is 0.661. The molecule has 1 fully saturated rings. The van der Waals surface area contributed by atoms with Crippen LogP contribution in [0.25, 0.3) is 0 Å². The summed E-state index contributed by atoms with van der Waals surface area (Å²) >= 11 is 0. The zero-order valence-corrected chi connectivity index (χ0v) is 12.1. The molecule has 0 saturated carbocycles. The Bertz CT molecular complexity index is 435. The maximum absolute atomic E-state index is 11.9. The van der Waals surface area contributed by atoms with Crippen LogP contribution in [0.3, 0.4) is 0 Å². The lowest BCUT2D eigenvalue weighted by atomic mass is 10.2. The Hall–Kier alpha value is -0.990. The Labute approximate surface area is 116 Å². The molecule has 1 atom stereocenters. The lowest BCUT2D eigenvalue weighted by Gasteiger charge is -2.16. The summed E-state index contributed by atoms with van der Waals surface area (Å²) in [6, 6.07) is -0.179. The quantitative estimate of drug-likeness (QED) is 0.452. The molecule has 5 nitrogen and oxygen atoms in total. The first-order valence-electron chi connectivity index (χ1n) is 6.46. The molecule has 0 aromatic heterocycles. The normalized spacial score (nSPS) is 22.8. The fraction of sp³-hybridized carbons (Fsp3) is 0.909. The van der Waals surface area contributed by atoms with Crippen LogP contribution in [0.15, 0.2) is 4.99 Å². The third kappa shape index (κ3) is 6.97. The van der Waals surface area contributed by atoms with E-state index < -0.39 is 22.4 Å². The molecule has 1 aliphatic heterocycles. The standard InChI is InChI=1S/C11H20F3N3O2S/c1-15-10(16-6-3-2-5-11(12,13)14)17-9-4-7-20(18,19)8-9/h9H,2-8H2,1H3,(H2,15,16,17). The van der Waals surface area contributed by atoms with Crippen LogP contribution in [-0.4, -0.2) is 51.7 Å². The average molecular weight is 315 g/mol. The summed E-state index contributed by atoms with van der Waals surface area (Å²) in [7, 11) is -1.43. The molecule has 0 aromatic rings. The molecule has 0 amide bonds. The van der Waals surface area contributed by atoms with E-state index in [1.165, 1.54) is 7.05 Å². The van der Waals surface area contributed by atoms with E-state index in [4.69, 9.17) is 0 Å². The molecule has 118 valence electrons. The first-order valence-corrected chi connectivity index (χ1v) is 8.28. The maximum atomic E-state index is 11.9. The summed E-state index contributed by atoms with van der Waals surface area (Å²) in [6.45, 7) is 0.370. The van der Waals surface area contributed by atoms with Crippen LogP contribution in [0.5, 0.6) is 0 Å². The van der Waals surface area contributed by atoms with E-state index in [0.717, 1.165) is 0 Å². The highest BCUT2D eigenvalue weighted by molar-refractivity contribution is 7.91. The van der Waals surface area contributed by atoms with E-state index in [2.05, 4.69) is 15.6 Å². The number of sulfone groups is 1. The van der Waals surface area contributed by atoms with Gasteiger partial charge in [0, 0.05) is 26.1 Å². The number of hydrogen-bond donors (Lipinski definition) is 2. The summed E-state index contributed by atoms with van der Waals surface area (Å²) in [6.07, 6.45) is -3.94. The Morgan fingerprint density at radius 1 is 1.35 bits per heavy atom. The largest absolute Gasteiger partial charge is 0.389 e. The molecule has 0 bridgehead atoms. The van der Waals surface area contributed by atoms with Gasteiger partial charge in [0.25, 0.3) is 0 Å². The molecule has 1 aliphatic rings. The van der Waals surface area contributed by atoms with Gasteiger partial charge in [0.1, 0.15) is 0 Å². The van der Waals surface area contributed by atoms with Gasteiger partial charge < -0.3 is 10.6 Å². The number of rotatable bonds is 5. The Balaban J connectivity index is 2.21. The summed E-state index contributed by atoms with van der Waals surface area (Å²) in [5.41, 5.74) is 0. The van der Waals surface area contributed by atoms with Crippen molar-refractivity contribution in [3.05, 3.63) is 0 Å². The molecule has 0 radical (unpaired) electrons. The van der Waals surface area contributed by atoms with Crippen LogP contribution in [0.1, 0.15) is 25.7 Å². The van der Waals surface area contributed by atoms with Gasteiger partial charge in [-0.25, -0.2) is 8.42 Å². The number of aliphatic imine (C=N–C) groups is 1. The minimum absolute atomic E-state index is 0.0608. The zero-order valence-electron chi connectivity index (χ0n) is 11.3. The summed E-state index contributed by atoms with van der Waals surface area (Å²) in [5, 5.41) is 5.85. The number of alkyl halides is 3. The van der Waals surface area contributed by atoms with Crippen molar-refractivity contribution >= 4 is 15.8 Å². The first-order chi connectivity index (χ1) is 9.22. The molecule has 0 aromatic carbocycles. The third-order valence-corrected chi connectivity index (χ3v) is 4.74. The average Bonchev–Trinajstić information content (AvgIpc) is 2.65. The van der Waals surface area contributed by atoms with E-state index in [0.29, 0.717) is 25.3 Å². The maximum Gasteiger partial charge on any atom is 0.389 e. The van der Waals surface area contributed by atoms with Crippen molar-refractivity contribution in [2.45, 2.75) is 37.9 Å². The van der Waals surface area contributed by atoms with Crippen molar-refractivity contribution < 1.29 is 21.6 Å². The molecule has 1 heterocycles. The number of hydrogen-bond acceptors (Lipinski definition) is 3. The van der Waals surface area contributed by atoms with E-state index in [-0.39, 0.29) is 24.0 Å². The van der Waals surface area contributed by atoms with Gasteiger partial charge in [-0.3, -0.25) is 4.99 Å². The molecule has 9 heteroatoms. The van der Waals surface area contributed by atoms with Crippen LogP contribution >= 0.6 is 0 Å². The number of nitrogens with one attached hydrogen (secondary N) is 2.